The second-order valence-electron chi connectivity index (χ2n) is 5.09. The fourth-order valence-electron chi connectivity index (χ4n) is 2.55. The van der Waals surface area contributed by atoms with E-state index in [2.05, 4.69) is 0 Å². The van der Waals surface area contributed by atoms with Gasteiger partial charge in [-0.25, -0.2) is 4.79 Å². The topological polar surface area (TPSA) is 44.8 Å². The second-order valence-corrected chi connectivity index (χ2v) is 5.09. The fourth-order valence-corrected chi connectivity index (χ4v) is 2.55. The second kappa shape index (κ2) is 7.17. The first-order chi connectivity index (χ1) is 9.74. The molecule has 0 saturated heterocycles. The number of hydrogen-bond donors (Lipinski definition) is 0. The molecule has 2 rings (SSSR count). The van der Waals surface area contributed by atoms with Gasteiger partial charge >= 0.3 is 5.97 Å². The Morgan fingerprint density at radius 2 is 1.75 bits per heavy atom. The summed E-state index contributed by atoms with van der Waals surface area (Å²) in [5.74, 6) is 0.919. The lowest BCUT2D eigenvalue weighted by atomic mass is 10.1. The number of hydrogen-bond acceptors (Lipinski definition) is 4. The van der Waals surface area contributed by atoms with Crippen molar-refractivity contribution < 1.29 is 19.0 Å². The van der Waals surface area contributed by atoms with Crippen molar-refractivity contribution in [2.75, 3.05) is 14.2 Å². The predicted molar refractivity (Wildman–Crippen MR) is 76.5 cm³/mol. The van der Waals surface area contributed by atoms with E-state index in [1.54, 1.807) is 25.3 Å². The zero-order valence-corrected chi connectivity index (χ0v) is 12.2. The molecule has 20 heavy (non-hydrogen) atoms. The van der Waals surface area contributed by atoms with Crippen LogP contribution >= 0.6 is 0 Å². The minimum absolute atomic E-state index is 0.208. The first kappa shape index (κ1) is 14.7. The molecule has 0 amide bonds. The van der Waals surface area contributed by atoms with Gasteiger partial charge in [0.05, 0.1) is 25.9 Å². The summed E-state index contributed by atoms with van der Waals surface area (Å²) in [6.45, 7) is 0. The van der Waals surface area contributed by atoms with Crippen molar-refractivity contribution in [1.82, 2.24) is 0 Å². The van der Waals surface area contributed by atoms with Crippen LogP contribution in [-0.4, -0.2) is 26.3 Å². The van der Waals surface area contributed by atoms with Gasteiger partial charge in [0, 0.05) is 0 Å². The van der Waals surface area contributed by atoms with E-state index in [-0.39, 0.29) is 12.1 Å². The third kappa shape index (κ3) is 3.65. The van der Waals surface area contributed by atoms with Crippen molar-refractivity contribution in [1.29, 1.82) is 0 Å². The quantitative estimate of drug-likeness (QED) is 0.623. The molecule has 0 radical (unpaired) electrons. The van der Waals surface area contributed by atoms with Crippen LogP contribution in [0.25, 0.3) is 0 Å². The van der Waals surface area contributed by atoms with Crippen LogP contribution in [0.5, 0.6) is 11.5 Å². The number of carbonyl (C=O) groups excluding carboxylic acids is 1. The van der Waals surface area contributed by atoms with Gasteiger partial charge in [-0.05, 0) is 43.9 Å². The molecule has 0 aliphatic heterocycles. The Labute approximate surface area is 120 Å². The van der Waals surface area contributed by atoms with Gasteiger partial charge in [0.15, 0.2) is 11.5 Å². The van der Waals surface area contributed by atoms with Gasteiger partial charge in [-0.2, -0.15) is 0 Å². The average molecular weight is 278 g/mol. The molecule has 0 spiro atoms. The first-order valence-electron chi connectivity index (χ1n) is 7.17. The van der Waals surface area contributed by atoms with Crippen LogP contribution in [-0.2, 0) is 4.74 Å². The Hall–Kier alpha value is -1.71. The SMILES string of the molecule is COC(=O)c1ccc(OC)c(OC2CCCCCC2)c1. The molecule has 0 aromatic heterocycles. The number of ether oxygens (including phenoxy) is 3. The van der Waals surface area contributed by atoms with E-state index in [1.165, 1.54) is 32.8 Å². The van der Waals surface area contributed by atoms with Crippen molar-refractivity contribution in [2.45, 2.75) is 44.6 Å². The highest BCUT2D eigenvalue weighted by atomic mass is 16.5. The third-order valence-electron chi connectivity index (χ3n) is 3.68. The minimum Gasteiger partial charge on any atom is -0.493 e. The standard InChI is InChI=1S/C16H22O4/c1-18-14-10-9-12(16(17)19-2)11-15(14)20-13-7-5-3-4-6-8-13/h9-11,13H,3-8H2,1-2H3. The largest absolute Gasteiger partial charge is 0.493 e. The summed E-state index contributed by atoms with van der Waals surface area (Å²) >= 11 is 0. The molecule has 1 aromatic rings. The molecule has 1 fully saturated rings. The van der Waals surface area contributed by atoms with Crippen LogP contribution in [0.1, 0.15) is 48.9 Å². The fraction of sp³-hybridized carbons (Fsp3) is 0.562. The van der Waals surface area contributed by atoms with Crippen molar-refractivity contribution in [3.05, 3.63) is 23.8 Å². The number of rotatable bonds is 4. The Kier molecular flexibility index (Phi) is 5.27. The molecule has 0 heterocycles. The highest BCUT2D eigenvalue weighted by Crippen LogP contribution is 2.31. The van der Waals surface area contributed by atoms with Crippen molar-refractivity contribution >= 4 is 5.97 Å². The molecule has 0 bridgehead atoms. The van der Waals surface area contributed by atoms with E-state index < -0.39 is 0 Å². The van der Waals surface area contributed by atoms with Crippen LogP contribution in [0.15, 0.2) is 18.2 Å². The van der Waals surface area contributed by atoms with Gasteiger partial charge in [0.25, 0.3) is 0 Å². The van der Waals surface area contributed by atoms with Crippen molar-refractivity contribution in [3.8, 4) is 11.5 Å². The molecule has 0 N–H and O–H groups in total. The first-order valence-corrected chi connectivity index (χ1v) is 7.17. The summed E-state index contributed by atoms with van der Waals surface area (Å²) < 4.78 is 16.1. The maximum absolute atomic E-state index is 11.6. The molecule has 4 heteroatoms. The van der Waals surface area contributed by atoms with Gasteiger partial charge in [-0.15, -0.1) is 0 Å². The number of methoxy groups -OCH3 is 2. The van der Waals surface area contributed by atoms with Crippen LogP contribution in [0, 0.1) is 0 Å². The van der Waals surface area contributed by atoms with E-state index in [0.29, 0.717) is 17.1 Å². The molecule has 1 aliphatic carbocycles. The van der Waals surface area contributed by atoms with Crippen LogP contribution < -0.4 is 9.47 Å². The summed E-state index contributed by atoms with van der Waals surface area (Å²) in [6, 6.07) is 5.14. The van der Waals surface area contributed by atoms with E-state index in [9.17, 15) is 4.79 Å². The van der Waals surface area contributed by atoms with Gasteiger partial charge in [0.1, 0.15) is 0 Å². The molecule has 0 atom stereocenters. The zero-order chi connectivity index (χ0) is 14.4. The zero-order valence-electron chi connectivity index (χ0n) is 12.2. The summed E-state index contributed by atoms with van der Waals surface area (Å²) in [7, 11) is 2.98. The van der Waals surface area contributed by atoms with Crippen LogP contribution in [0.4, 0.5) is 0 Å². The molecule has 1 aliphatic rings. The number of benzene rings is 1. The Balaban J connectivity index is 2.16. The number of esters is 1. The normalized spacial score (nSPS) is 16.3. The molecule has 1 saturated carbocycles. The summed E-state index contributed by atoms with van der Waals surface area (Å²) in [5.41, 5.74) is 0.483. The van der Waals surface area contributed by atoms with Gasteiger partial charge < -0.3 is 14.2 Å². The third-order valence-corrected chi connectivity index (χ3v) is 3.68. The Morgan fingerprint density at radius 1 is 1.05 bits per heavy atom. The van der Waals surface area contributed by atoms with Crippen molar-refractivity contribution in [2.24, 2.45) is 0 Å². The smallest absolute Gasteiger partial charge is 0.337 e. The lowest BCUT2D eigenvalue weighted by Gasteiger charge is -2.19. The molecular formula is C16H22O4. The summed E-state index contributed by atoms with van der Waals surface area (Å²) in [6.07, 6.45) is 7.28. The summed E-state index contributed by atoms with van der Waals surface area (Å²) in [5, 5.41) is 0. The van der Waals surface area contributed by atoms with Crippen molar-refractivity contribution in [3.63, 3.8) is 0 Å². The Morgan fingerprint density at radius 3 is 2.35 bits per heavy atom. The minimum atomic E-state index is -0.363. The van der Waals surface area contributed by atoms with Gasteiger partial charge in [0.2, 0.25) is 0 Å². The van der Waals surface area contributed by atoms with E-state index in [0.717, 1.165) is 12.8 Å². The highest BCUT2D eigenvalue weighted by molar-refractivity contribution is 5.90. The molecule has 1 aromatic carbocycles. The monoisotopic (exact) mass is 278 g/mol. The van der Waals surface area contributed by atoms with E-state index in [4.69, 9.17) is 14.2 Å². The van der Waals surface area contributed by atoms with Crippen LogP contribution in [0.3, 0.4) is 0 Å². The summed E-state index contributed by atoms with van der Waals surface area (Å²) in [4.78, 5) is 11.6. The maximum Gasteiger partial charge on any atom is 0.337 e. The molecule has 4 nitrogen and oxygen atoms in total. The average Bonchev–Trinajstić information content (AvgIpc) is 2.75. The lowest BCUT2D eigenvalue weighted by Crippen LogP contribution is -2.16. The maximum atomic E-state index is 11.6. The Bertz CT molecular complexity index is 448. The van der Waals surface area contributed by atoms with E-state index in [1.807, 2.05) is 0 Å². The van der Waals surface area contributed by atoms with Crippen LogP contribution in [0.2, 0.25) is 0 Å². The highest BCUT2D eigenvalue weighted by Gasteiger charge is 2.17. The lowest BCUT2D eigenvalue weighted by molar-refractivity contribution is 0.0599. The van der Waals surface area contributed by atoms with E-state index >= 15 is 0 Å². The predicted octanol–water partition coefficient (Wildman–Crippen LogP) is 3.58. The number of carbonyl (C=O) groups is 1. The molecular weight excluding hydrogens is 256 g/mol. The molecule has 0 unspecified atom stereocenters. The molecule has 110 valence electrons. The van der Waals surface area contributed by atoms with Gasteiger partial charge in [-0.1, -0.05) is 12.8 Å². The van der Waals surface area contributed by atoms with Gasteiger partial charge in [-0.3, -0.25) is 0 Å².